The van der Waals surface area contributed by atoms with Gasteiger partial charge in [0, 0.05) is 38.3 Å². The van der Waals surface area contributed by atoms with Crippen molar-refractivity contribution < 1.29 is 4.39 Å². The minimum Gasteiger partial charge on any atom is -0.355 e. The normalized spacial score (nSPS) is 17.3. The van der Waals surface area contributed by atoms with Gasteiger partial charge < -0.3 is 10.6 Å². The highest BCUT2D eigenvalue weighted by atomic mass is 19.1. The van der Waals surface area contributed by atoms with Gasteiger partial charge in [-0.05, 0) is 43.1 Å². The zero-order chi connectivity index (χ0) is 19.8. The van der Waals surface area contributed by atoms with Crippen LogP contribution in [-0.4, -0.2) is 37.0 Å². The van der Waals surface area contributed by atoms with Gasteiger partial charge in [-0.3, -0.25) is 9.89 Å². The van der Waals surface area contributed by atoms with Crippen molar-refractivity contribution in [3.05, 3.63) is 71.0 Å². The van der Waals surface area contributed by atoms with Gasteiger partial charge in [0.1, 0.15) is 5.82 Å². The van der Waals surface area contributed by atoms with E-state index in [0.29, 0.717) is 23.1 Å². The number of nitrogens with zero attached hydrogens (tertiary/aromatic N) is 3. The second-order valence-electron chi connectivity index (χ2n) is 6.98. The van der Waals surface area contributed by atoms with Crippen LogP contribution in [0.5, 0.6) is 0 Å². The summed E-state index contributed by atoms with van der Waals surface area (Å²) in [5.41, 5.74) is 2.22. The molecule has 2 N–H and O–H groups in total. The molecule has 0 spiro atoms. The molecule has 1 aliphatic heterocycles. The van der Waals surface area contributed by atoms with Gasteiger partial charge in [0.05, 0.1) is 11.6 Å². The third kappa shape index (κ3) is 5.30. The van der Waals surface area contributed by atoms with Gasteiger partial charge in [-0.1, -0.05) is 30.3 Å². The standard InChI is InChI=1S/C22H26FN5/c1-25-22(26-14-19-12-18(13-24)9-10-21(19)23)27-15-20-8-5-11-28(20)16-17-6-3-2-4-7-17/h2-4,6-7,9-10,12,20H,5,8,11,14-16H2,1H3,(H2,25,26,27). The van der Waals surface area contributed by atoms with Crippen LogP contribution in [0.1, 0.15) is 29.5 Å². The van der Waals surface area contributed by atoms with Gasteiger partial charge in [-0.25, -0.2) is 4.39 Å². The highest BCUT2D eigenvalue weighted by Gasteiger charge is 2.24. The summed E-state index contributed by atoms with van der Waals surface area (Å²) >= 11 is 0. The number of benzene rings is 2. The molecular formula is C22H26FN5. The van der Waals surface area contributed by atoms with Gasteiger partial charge in [0.2, 0.25) is 0 Å². The van der Waals surface area contributed by atoms with Crippen molar-refractivity contribution in [1.82, 2.24) is 15.5 Å². The largest absolute Gasteiger partial charge is 0.355 e. The van der Waals surface area contributed by atoms with Crippen molar-refractivity contribution in [3.8, 4) is 6.07 Å². The van der Waals surface area contributed by atoms with Crippen molar-refractivity contribution in [2.75, 3.05) is 20.1 Å². The quantitative estimate of drug-likeness (QED) is 0.598. The van der Waals surface area contributed by atoms with E-state index in [-0.39, 0.29) is 12.4 Å². The topological polar surface area (TPSA) is 63.5 Å². The monoisotopic (exact) mass is 379 g/mol. The van der Waals surface area contributed by atoms with E-state index >= 15 is 0 Å². The highest BCUT2D eigenvalue weighted by molar-refractivity contribution is 5.79. The lowest BCUT2D eigenvalue weighted by atomic mass is 10.1. The van der Waals surface area contributed by atoms with E-state index in [0.717, 1.165) is 26.1 Å². The Labute approximate surface area is 165 Å². The maximum absolute atomic E-state index is 13.9. The maximum Gasteiger partial charge on any atom is 0.191 e. The molecule has 2 aromatic carbocycles. The fourth-order valence-electron chi connectivity index (χ4n) is 3.55. The Balaban J connectivity index is 1.52. The summed E-state index contributed by atoms with van der Waals surface area (Å²) in [4.78, 5) is 6.73. The Hall–Kier alpha value is -2.91. The fraction of sp³-hybridized carbons (Fsp3) is 0.364. The number of nitriles is 1. The first-order chi connectivity index (χ1) is 13.7. The average Bonchev–Trinajstić information content (AvgIpc) is 3.17. The van der Waals surface area contributed by atoms with E-state index in [1.807, 2.05) is 12.1 Å². The van der Waals surface area contributed by atoms with Gasteiger partial charge in [0.15, 0.2) is 5.96 Å². The second-order valence-corrected chi connectivity index (χ2v) is 6.98. The molecule has 2 aromatic rings. The molecule has 3 rings (SSSR count). The molecule has 1 aliphatic rings. The first kappa shape index (κ1) is 19.8. The number of likely N-dealkylation sites (tertiary alicyclic amines) is 1. The predicted molar refractivity (Wildman–Crippen MR) is 109 cm³/mol. The van der Waals surface area contributed by atoms with E-state index in [1.165, 1.54) is 24.1 Å². The van der Waals surface area contributed by atoms with Crippen LogP contribution in [0.2, 0.25) is 0 Å². The van der Waals surface area contributed by atoms with Crippen LogP contribution in [0.15, 0.2) is 53.5 Å². The number of aliphatic imine (C=N–C) groups is 1. The maximum atomic E-state index is 13.9. The molecule has 1 atom stereocenters. The third-order valence-corrected chi connectivity index (χ3v) is 5.08. The summed E-state index contributed by atoms with van der Waals surface area (Å²) in [7, 11) is 1.70. The number of guanidine groups is 1. The predicted octanol–water partition coefficient (Wildman–Crippen LogP) is 3.03. The molecule has 28 heavy (non-hydrogen) atoms. The van der Waals surface area contributed by atoms with Crippen LogP contribution in [0.3, 0.4) is 0 Å². The molecule has 0 aromatic heterocycles. The van der Waals surface area contributed by atoms with Crippen LogP contribution >= 0.6 is 0 Å². The van der Waals surface area contributed by atoms with Crippen molar-refractivity contribution in [3.63, 3.8) is 0 Å². The molecule has 0 saturated carbocycles. The molecule has 5 nitrogen and oxygen atoms in total. The zero-order valence-corrected chi connectivity index (χ0v) is 16.2. The molecule has 1 saturated heterocycles. The number of rotatable bonds is 6. The van der Waals surface area contributed by atoms with Crippen molar-refractivity contribution in [1.29, 1.82) is 5.26 Å². The first-order valence-electron chi connectivity index (χ1n) is 9.60. The summed E-state index contributed by atoms with van der Waals surface area (Å²) in [6.45, 7) is 3.11. The minimum atomic E-state index is -0.327. The lowest BCUT2D eigenvalue weighted by Gasteiger charge is -2.25. The lowest BCUT2D eigenvalue weighted by Crippen LogP contribution is -2.44. The summed E-state index contributed by atoms with van der Waals surface area (Å²) in [6, 6.07) is 17.4. The number of halogens is 1. The zero-order valence-electron chi connectivity index (χ0n) is 16.2. The van der Waals surface area contributed by atoms with E-state index < -0.39 is 0 Å². The van der Waals surface area contributed by atoms with Crippen molar-refractivity contribution in [2.45, 2.75) is 32.0 Å². The molecule has 0 bridgehead atoms. The summed E-state index contributed by atoms with van der Waals surface area (Å²) < 4.78 is 13.9. The first-order valence-corrected chi connectivity index (χ1v) is 9.60. The lowest BCUT2D eigenvalue weighted by molar-refractivity contribution is 0.245. The van der Waals surface area contributed by atoms with Crippen LogP contribution in [-0.2, 0) is 13.1 Å². The SMILES string of the molecule is CN=C(NCc1cc(C#N)ccc1F)NCC1CCCN1Cc1ccccc1. The number of nitrogens with one attached hydrogen (secondary N) is 2. The van der Waals surface area contributed by atoms with Gasteiger partial charge in [-0.2, -0.15) is 5.26 Å². The number of hydrogen-bond donors (Lipinski definition) is 2. The summed E-state index contributed by atoms with van der Waals surface area (Å²) in [5.74, 6) is 0.306. The smallest absolute Gasteiger partial charge is 0.191 e. The Bertz CT molecular complexity index is 844. The Kier molecular flexibility index (Phi) is 6.99. The summed E-state index contributed by atoms with van der Waals surface area (Å²) in [5, 5.41) is 15.5. The van der Waals surface area contributed by atoms with Crippen LogP contribution in [0.25, 0.3) is 0 Å². The number of hydrogen-bond acceptors (Lipinski definition) is 3. The molecule has 1 unspecified atom stereocenters. The third-order valence-electron chi connectivity index (χ3n) is 5.08. The highest BCUT2D eigenvalue weighted by Crippen LogP contribution is 2.19. The van der Waals surface area contributed by atoms with Crippen molar-refractivity contribution >= 4 is 5.96 Å². The molecule has 1 heterocycles. The fourth-order valence-corrected chi connectivity index (χ4v) is 3.55. The average molecular weight is 379 g/mol. The molecule has 0 aliphatic carbocycles. The van der Waals surface area contributed by atoms with Crippen molar-refractivity contribution in [2.24, 2.45) is 4.99 Å². The van der Waals surface area contributed by atoms with Gasteiger partial charge >= 0.3 is 0 Å². The van der Waals surface area contributed by atoms with Crippen LogP contribution in [0.4, 0.5) is 4.39 Å². The van der Waals surface area contributed by atoms with E-state index in [4.69, 9.17) is 5.26 Å². The van der Waals surface area contributed by atoms with E-state index in [9.17, 15) is 4.39 Å². The van der Waals surface area contributed by atoms with Crippen LogP contribution in [0, 0.1) is 17.1 Å². The molecule has 146 valence electrons. The van der Waals surface area contributed by atoms with Gasteiger partial charge in [-0.15, -0.1) is 0 Å². The Morgan fingerprint density at radius 3 is 2.82 bits per heavy atom. The van der Waals surface area contributed by atoms with Gasteiger partial charge in [0.25, 0.3) is 0 Å². The molecular weight excluding hydrogens is 353 g/mol. The molecule has 6 heteroatoms. The molecule has 1 fully saturated rings. The Morgan fingerprint density at radius 1 is 1.25 bits per heavy atom. The van der Waals surface area contributed by atoms with E-state index in [2.05, 4.69) is 44.8 Å². The molecule has 0 amide bonds. The van der Waals surface area contributed by atoms with E-state index in [1.54, 1.807) is 13.1 Å². The molecule has 0 radical (unpaired) electrons. The summed E-state index contributed by atoms with van der Waals surface area (Å²) in [6.07, 6.45) is 2.34. The van der Waals surface area contributed by atoms with Crippen LogP contribution < -0.4 is 10.6 Å². The minimum absolute atomic E-state index is 0.277. The Morgan fingerprint density at radius 2 is 2.07 bits per heavy atom. The second kappa shape index (κ2) is 9.86.